The van der Waals surface area contributed by atoms with Gasteiger partial charge in [0.25, 0.3) is 0 Å². The molecule has 0 radical (unpaired) electrons. The first-order valence-corrected chi connectivity index (χ1v) is 9.82. The van der Waals surface area contributed by atoms with E-state index in [2.05, 4.69) is 4.90 Å². The molecule has 0 bridgehead atoms. The molecular weight excluding hydrogens is 314 g/mol. The first kappa shape index (κ1) is 16.7. The van der Waals surface area contributed by atoms with Gasteiger partial charge in [-0.05, 0) is 19.4 Å². The molecule has 0 unspecified atom stereocenters. The van der Waals surface area contributed by atoms with E-state index in [4.69, 9.17) is 9.47 Å². The van der Waals surface area contributed by atoms with E-state index in [1.54, 1.807) is 7.11 Å². The highest BCUT2D eigenvalue weighted by molar-refractivity contribution is 7.93. The molecule has 2 heterocycles. The van der Waals surface area contributed by atoms with Crippen molar-refractivity contribution in [1.29, 1.82) is 0 Å². The van der Waals surface area contributed by atoms with Gasteiger partial charge in [0.2, 0.25) is 0 Å². The van der Waals surface area contributed by atoms with Gasteiger partial charge in [-0.15, -0.1) is 0 Å². The van der Waals surface area contributed by atoms with Crippen molar-refractivity contribution in [2.45, 2.75) is 24.6 Å². The van der Waals surface area contributed by atoms with Crippen molar-refractivity contribution in [1.82, 2.24) is 4.90 Å². The van der Waals surface area contributed by atoms with Gasteiger partial charge in [0.15, 0.2) is 9.84 Å². The third-order valence-electron chi connectivity index (χ3n) is 5.19. The van der Waals surface area contributed by atoms with Gasteiger partial charge in [0.1, 0.15) is 10.5 Å². The lowest BCUT2D eigenvalue weighted by molar-refractivity contribution is 0.0289. The van der Waals surface area contributed by atoms with Gasteiger partial charge in [-0.2, -0.15) is 0 Å². The molecule has 5 nitrogen and oxygen atoms in total. The van der Waals surface area contributed by atoms with Crippen LogP contribution >= 0.6 is 0 Å². The third-order valence-corrected chi connectivity index (χ3v) is 7.79. The van der Waals surface area contributed by atoms with E-state index in [9.17, 15) is 8.42 Å². The maximum atomic E-state index is 12.6. The average molecular weight is 339 g/mol. The molecule has 2 aliphatic rings. The number of nitrogens with zero attached hydrogens (tertiary/aromatic N) is 1. The molecule has 1 atom stereocenters. The fraction of sp³-hybridized carbons (Fsp3) is 0.647. The van der Waals surface area contributed by atoms with E-state index >= 15 is 0 Å². The van der Waals surface area contributed by atoms with Crippen LogP contribution in [0.4, 0.5) is 0 Å². The molecule has 2 fully saturated rings. The molecule has 0 N–H and O–H groups in total. The highest BCUT2D eigenvalue weighted by atomic mass is 32.2. The van der Waals surface area contributed by atoms with E-state index in [0.29, 0.717) is 32.1 Å². The van der Waals surface area contributed by atoms with E-state index in [1.165, 1.54) is 0 Å². The molecule has 6 heteroatoms. The van der Waals surface area contributed by atoms with Gasteiger partial charge >= 0.3 is 0 Å². The van der Waals surface area contributed by atoms with Gasteiger partial charge < -0.3 is 9.47 Å². The third kappa shape index (κ3) is 2.88. The summed E-state index contributed by atoms with van der Waals surface area (Å²) in [4.78, 5) is 2.19. The quantitative estimate of drug-likeness (QED) is 0.790. The van der Waals surface area contributed by atoms with Crippen LogP contribution < -0.4 is 4.74 Å². The van der Waals surface area contributed by atoms with Crippen molar-refractivity contribution in [3.05, 3.63) is 29.8 Å². The molecule has 2 saturated heterocycles. The van der Waals surface area contributed by atoms with E-state index in [0.717, 1.165) is 24.3 Å². The van der Waals surface area contributed by atoms with Crippen molar-refractivity contribution >= 4 is 9.84 Å². The lowest BCUT2D eigenvalue weighted by atomic mass is 9.83. The molecule has 1 aromatic carbocycles. The van der Waals surface area contributed by atoms with Gasteiger partial charge in [-0.25, -0.2) is 8.42 Å². The molecule has 0 saturated carbocycles. The Labute approximate surface area is 138 Å². The van der Waals surface area contributed by atoms with Crippen LogP contribution in [-0.4, -0.2) is 57.2 Å². The zero-order valence-corrected chi connectivity index (χ0v) is 14.6. The molecule has 0 amide bonds. The second kappa shape index (κ2) is 6.42. The topological polar surface area (TPSA) is 55.8 Å². The van der Waals surface area contributed by atoms with Gasteiger partial charge in [0.05, 0.1) is 19.5 Å². The molecule has 128 valence electrons. The number of ether oxygens (including phenoxy) is 2. The van der Waals surface area contributed by atoms with E-state index in [1.807, 2.05) is 31.2 Å². The molecular formula is C17H25NO4S. The molecule has 23 heavy (non-hydrogen) atoms. The predicted octanol–water partition coefficient (Wildman–Crippen LogP) is 1.72. The molecule has 1 spiro atoms. The Kier molecular flexibility index (Phi) is 4.67. The minimum absolute atomic E-state index is 0.126. The van der Waals surface area contributed by atoms with Crippen LogP contribution in [0.5, 0.6) is 5.75 Å². The molecule has 0 aliphatic carbocycles. The summed E-state index contributed by atoms with van der Waals surface area (Å²) in [5, 5.41) is 0. The van der Waals surface area contributed by atoms with Crippen molar-refractivity contribution in [3.8, 4) is 5.75 Å². The van der Waals surface area contributed by atoms with Gasteiger partial charge in [-0.1, -0.05) is 18.2 Å². The second-order valence-electron chi connectivity index (χ2n) is 6.49. The van der Waals surface area contributed by atoms with Crippen LogP contribution in [0.3, 0.4) is 0 Å². The number of likely N-dealkylation sites (tertiary alicyclic amines) is 1. The molecule has 3 rings (SSSR count). The number of para-hydroxylation sites is 1. The fourth-order valence-corrected chi connectivity index (χ4v) is 6.32. The van der Waals surface area contributed by atoms with Crippen molar-refractivity contribution in [2.75, 3.05) is 39.2 Å². The first-order chi connectivity index (χ1) is 11.0. The highest BCUT2D eigenvalue weighted by Gasteiger charge is 2.61. The number of rotatable bonds is 6. The Morgan fingerprint density at radius 2 is 2.04 bits per heavy atom. The Hall–Kier alpha value is -1.11. The smallest absolute Gasteiger partial charge is 0.158 e. The maximum Gasteiger partial charge on any atom is 0.158 e. The van der Waals surface area contributed by atoms with Crippen LogP contribution in [0.2, 0.25) is 0 Å². The molecule has 1 aromatic rings. The minimum Gasteiger partial charge on any atom is -0.496 e. The zero-order valence-electron chi connectivity index (χ0n) is 13.8. The Morgan fingerprint density at radius 3 is 2.74 bits per heavy atom. The highest BCUT2D eigenvalue weighted by Crippen LogP contribution is 2.45. The van der Waals surface area contributed by atoms with Crippen LogP contribution in [0.1, 0.15) is 18.9 Å². The Morgan fingerprint density at radius 1 is 1.30 bits per heavy atom. The molecule has 2 aliphatic heterocycles. The predicted molar refractivity (Wildman–Crippen MR) is 89.4 cm³/mol. The van der Waals surface area contributed by atoms with Crippen molar-refractivity contribution < 1.29 is 17.9 Å². The minimum atomic E-state index is -3.02. The standard InChI is InChI=1S/C17H25NO4S/c1-3-22-11-15-8-9-23(19,20)17(15)12-18(13-17)10-14-6-4-5-7-16(14)21-2/h4-7,15H,3,8-13H2,1-2H3/t15-/m1/s1. The SMILES string of the molecule is CCOC[C@H]1CCS(=O)(=O)C12CN(Cc1ccccc1OC)C2. The summed E-state index contributed by atoms with van der Waals surface area (Å²) in [6, 6.07) is 7.90. The summed E-state index contributed by atoms with van der Waals surface area (Å²) in [5.41, 5.74) is 1.10. The number of sulfone groups is 1. The Balaban J connectivity index is 1.70. The Bertz CT molecular complexity index is 652. The lowest BCUT2D eigenvalue weighted by Crippen LogP contribution is -2.67. The monoisotopic (exact) mass is 339 g/mol. The number of methoxy groups -OCH3 is 1. The zero-order chi connectivity index (χ0) is 16.5. The van der Waals surface area contributed by atoms with Crippen LogP contribution in [-0.2, 0) is 21.1 Å². The first-order valence-electron chi connectivity index (χ1n) is 8.16. The summed E-state index contributed by atoms with van der Waals surface area (Å²) < 4.78 is 35.4. The van der Waals surface area contributed by atoms with Crippen molar-refractivity contribution in [2.24, 2.45) is 5.92 Å². The second-order valence-corrected chi connectivity index (χ2v) is 8.94. The summed E-state index contributed by atoms with van der Waals surface area (Å²) in [6.07, 6.45) is 0.727. The van der Waals surface area contributed by atoms with Gasteiger partial charge in [0, 0.05) is 37.7 Å². The fourth-order valence-electron chi connectivity index (χ4n) is 3.86. The van der Waals surface area contributed by atoms with E-state index < -0.39 is 14.6 Å². The van der Waals surface area contributed by atoms with Crippen molar-refractivity contribution in [3.63, 3.8) is 0 Å². The largest absolute Gasteiger partial charge is 0.496 e. The maximum absolute atomic E-state index is 12.6. The summed E-state index contributed by atoms with van der Waals surface area (Å²) in [5.74, 6) is 1.28. The van der Waals surface area contributed by atoms with Crippen LogP contribution in [0, 0.1) is 5.92 Å². The van der Waals surface area contributed by atoms with E-state index in [-0.39, 0.29) is 5.92 Å². The summed E-state index contributed by atoms with van der Waals surface area (Å²) in [6.45, 7) is 5.07. The van der Waals surface area contributed by atoms with Crippen LogP contribution in [0.25, 0.3) is 0 Å². The average Bonchev–Trinajstić information content (AvgIpc) is 2.77. The lowest BCUT2D eigenvalue weighted by Gasteiger charge is -2.50. The number of benzene rings is 1. The molecule has 0 aromatic heterocycles. The summed E-state index contributed by atoms with van der Waals surface area (Å²) in [7, 11) is -1.36. The van der Waals surface area contributed by atoms with Crippen LogP contribution in [0.15, 0.2) is 24.3 Å². The number of hydrogen-bond donors (Lipinski definition) is 0. The normalized spacial score (nSPS) is 25.4. The summed E-state index contributed by atoms with van der Waals surface area (Å²) >= 11 is 0. The number of hydrogen-bond acceptors (Lipinski definition) is 5. The van der Waals surface area contributed by atoms with Gasteiger partial charge in [-0.3, -0.25) is 4.90 Å².